The van der Waals surface area contributed by atoms with E-state index in [0.29, 0.717) is 18.4 Å². The summed E-state index contributed by atoms with van der Waals surface area (Å²) < 4.78 is 80.2. The van der Waals surface area contributed by atoms with Crippen LogP contribution in [0.3, 0.4) is 0 Å². The van der Waals surface area contributed by atoms with E-state index in [2.05, 4.69) is 20.8 Å². The van der Waals surface area contributed by atoms with Gasteiger partial charge in [0.1, 0.15) is 35.7 Å². The van der Waals surface area contributed by atoms with Crippen LogP contribution >= 0.6 is 0 Å². The monoisotopic (exact) mass is 594 g/mol. The molecule has 0 aliphatic carbocycles. The predicted octanol–water partition coefficient (Wildman–Crippen LogP) is 5.87. The fourth-order valence-corrected chi connectivity index (χ4v) is 6.96. The number of aromatic nitrogens is 2. The van der Waals surface area contributed by atoms with Crippen LogP contribution in [0.1, 0.15) is 24.8 Å². The molecule has 1 N–H and O–H groups in total. The molecule has 4 aromatic rings. The molecule has 7 rings (SSSR count). The van der Waals surface area contributed by atoms with Gasteiger partial charge >= 0.3 is 6.01 Å². The number of phenolic OH excluding ortho intramolecular Hbond substituents is 1. The molecule has 0 spiro atoms. The standard InChI is InChI=1S/C32H27F5N4O2/c1-2-20-24(34)7-4-17-10-19(42)11-23(27(17)20)21-5-6-22-29(28(21)37)38-31(39-30(22)40-14-25(35)26(36)15-40)43-16-32-8-3-9-41(32)13-18(33)12-32/h1,4-7,10-11,18,25-26,42H,3,8-9,12-16H2/t18-,25-,26+,32+/m1/s1. The third-order valence-corrected chi connectivity index (χ3v) is 8.96. The predicted molar refractivity (Wildman–Crippen MR) is 153 cm³/mol. The molecule has 0 radical (unpaired) electrons. The van der Waals surface area contributed by atoms with Crippen molar-refractivity contribution in [3.05, 3.63) is 53.6 Å². The van der Waals surface area contributed by atoms with Crippen molar-refractivity contribution in [3.8, 4) is 35.2 Å². The largest absolute Gasteiger partial charge is 0.508 e. The van der Waals surface area contributed by atoms with E-state index in [1.165, 1.54) is 41.3 Å². The minimum absolute atomic E-state index is 0.0316. The molecule has 6 nitrogen and oxygen atoms in total. The number of benzene rings is 3. The van der Waals surface area contributed by atoms with Crippen LogP contribution in [0.25, 0.3) is 32.8 Å². The highest BCUT2D eigenvalue weighted by Crippen LogP contribution is 2.42. The lowest BCUT2D eigenvalue weighted by Gasteiger charge is -2.31. The van der Waals surface area contributed by atoms with Crippen LogP contribution in [-0.4, -0.2) is 76.8 Å². The van der Waals surface area contributed by atoms with Crippen molar-refractivity contribution < 1.29 is 31.8 Å². The van der Waals surface area contributed by atoms with Crippen LogP contribution < -0.4 is 9.64 Å². The van der Waals surface area contributed by atoms with E-state index >= 15 is 4.39 Å². The number of hydrogen-bond donors (Lipinski definition) is 1. The Morgan fingerprint density at radius 3 is 2.58 bits per heavy atom. The molecule has 11 heteroatoms. The van der Waals surface area contributed by atoms with E-state index in [1.54, 1.807) is 0 Å². The van der Waals surface area contributed by atoms with Crippen LogP contribution in [0.2, 0.25) is 0 Å². The van der Waals surface area contributed by atoms with Gasteiger partial charge in [0.05, 0.1) is 24.2 Å². The average Bonchev–Trinajstić information content (AvgIpc) is 3.62. The summed E-state index contributed by atoms with van der Waals surface area (Å²) in [6.45, 7) is 0.540. The van der Waals surface area contributed by atoms with Gasteiger partial charge in [0, 0.05) is 29.3 Å². The summed E-state index contributed by atoms with van der Waals surface area (Å²) >= 11 is 0. The summed E-state index contributed by atoms with van der Waals surface area (Å²) in [6, 6.07) is 8.01. The maximum atomic E-state index is 16.6. The summed E-state index contributed by atoms with van der Waals surface area (Å²) in [7, 11) is 0. The number of phenols is 1. The fourth-order valence-electron chi connectivity index (χ4n) is 6.96. The number of nitrogens with zero attached hydrogens (tertiary/aromatic N) is 4. The average molecular weight is 595 g/mol. The molecule has 43 heavy (non-hydrogen) atoms. The van der Waals surface area contributed by atoms with E-state index in [9.17, 15) is 22.7 Å². The first-order valence-corrected chi connectivity index (χ1v) is 14.1. The van der Waals surface area contributed by atoms with Crippen LogP contribution in [0.15, 0.2) is 36.4 Å². The molecule has 4 heterocycles. The number of alkyl halides is 3. The molecule has 0 amide bonds. The van der Waals surface area contributed by atoms with E-state index in [0.717, 1.165) is 19.4 Å². The Balaban J connectivity index is 1.38. The fraction of sp³-hybridized carbons (Fsp3) is 0.375. The van der Waals surface area contributed by atoms with Gasteiger partial charge in [-0.25, -0.2) is 22.0 Å². The molecule has 0 bridgehead atoms. The number of halogens is 5. The Hall–Kier alpha value is -4.17. The second-order valence-corrected chi connectivity index (χ2v) is 11.6. The normalized spacial score (nSPS) is 25.5. The lowest BCUT2D eigenvalue weighted by molar-refractivity contribution is 0.107. The van der Waals surface area contributed by atoms with Gasteiger partial charge in [-0.3, -0.25) is 4.90 Å². The molecule has 1 aromatic heterocycles. The molecule has 3 aliphatic rings. The molecule has 3 aliphatic heterocycles. The number of aromatic hydroxyl groups is 1. The minimum atomic E-state index is -1.75. The van der Waals surface area contributed by atoms with Gasteiger partial charge in [-0.2, -0.15) is 9.97 Å². The minimum Gasteiger partial charge on any atom is -0.508 e. The summed E-state index contributed by atoms with van der Waals surface area (Å²) in [6.07, 6.45) is 3.04. The van der Waals surface area contributed by atoms with Gasteiger partial charge in [0.2, 0.25) is 0 Å². The smallest absolute Gasteiger partial charge is 0.319 e. The first-order valence-electron chi connectivity index (χ1n) is 14.1. The Bertz CT molecular complexity index is 1800. The van der Waals surface area contributed by atoms with Crippen LogP contribution in [-0.2, 0) is 0 Å². The summed E-state index contributed by atoms with van der Waals surface area (Å²) in [5.74, 6) is 0.705. The Morgan fingerprint density at radius 1 is 1.02 bits per heavy atom. The van der Waals surface area contributed by atoms with Crippen LogP contribution in [0, 0.1) is 24.0 Å². The summed E-state index contributed by atoms with van der Waals surface area (Å²) in [5, 5.41) is 11.3. The molecular formula is C32H27F5N4O2. The molecule has 3 saturated heterocycles. The van der Waals surface area contributed by atoms with Gasteiger partial charge in [0.15, 0.2) is 18.2 Å². The highest BCUT2D eigenvalue weighted by molar-refractivity contribution is 6.04. The maximum absolute atomic E-state index is 16.6. The third kappa shape index (κ3) is 4.50. The lowest BCUT2D eigenvalue weighted by Crippen LogP contribution is -2.43. The van der Waals surface area contributed by atoms with Crippen molar-refractivity contribution in [2.75, 3.05) is 37.7 Å². The van der Waals surface area contributed by atoms with E-state index < -0.39 is 35.7 Å². The number of terminal acetylenes is 1. The van der Waals surface area contributed by atoms with Crippen molar-refractivity contribution in [3.63, 3.8) is 0 Å². The number of fused-ring (bicyclic) bond motifs is 3. The SMILES string of the molecule is C#Cc1c(F)ccc2cc(O)cc(-c3ccc4c(N5C[C@@H](F)[C@@H](F)C5)nc(OC[C@@]56CCCN5C[C@H](F)C6)nc4c3F)c12. The first kappa shape index (κ1) is 27.7. The molecule has 0 unspecified atom stereocenters. The van der Waals surface area contributed by atoms with Gasteiger partial charge in [-0.05, 0) is 54.6 Å². The second kappa shape index (κ2) is 10.2. The Morgan fingerprint density at radius 2 is 1.81 bits per heavy atom. The van der Waals surface area contributed by atoms with E-state index in [1.807, 2.05) is 0 Å². The van der Waals surface area contributed by atoms with Crippen LogP contribution in [0.5, 0.6) is 11.8 Å². The second-order valence-electron chi connectivity index (χ2n) is 11.6. The van der Waals surface area contributed by atoms with E-state index in [-0.39, 0.29) is 70.3 Å². The topological polar surface area (TPSA) is 61.7 Å². The first-order chi connectivity index (χ1) is 20.7. The van der Waals surface area contributed by atoms with Gasteiger partial charge in [0.25, 0.3) is 0 Å². The molecule has 3 aromatic carbocycles. The number of rotatable bonds is 5. The highest BCUT2D eigenvalue weighted by atomic mass is 19.2. The van der Waals surface area contributed by atoms with E-state index in [4.69, 9.17) is 11.2 Å². The van der Waals surface area contributed by atoms with Gasteiger partial charge in [-0.1, -0.05) is 18.1 Å². The lowest BCUT2D eigenvalue weighted by atomic mass is 9.93. The third-order valence-electron chi connectivity index (χ3n) is 8.96. The van der Waals surface area contributed by atoms with Crippen molar-refractivity contribution in [2.24, 2.45) is 0 Å². The molecule has 3 fully saturated rings. The van der Waals surface area contributed by atoms with Crippen molar-refractivity contribution in [1.29, 1.82) is 0 Å². The number of hydrogen-bond acceptors (Lipinski definition) is 6. The Labute approximate surface area is 244 Å². The van der Waals surface area contributed by atoms with Crippen LogP contribution in [0.4, 0.5) is 27.8 Å². The zero-order valence-electron chi connectivity index (χ0n) is 23.0. The van der Waals surface area contributed by atoms with Crippen molar-refractivity contribution in [1.82, 2.24) is 14.9 Å². The van der Waals surface area contributed by atoms with Crippen molar-refractivity contribution >= 4 is 27.5 Å². The van der Waals surface area contributed by atoms with Gasteiger partial charge in [-0.15, -0.1) is 6.42 Å². The zero-order valence-corrected chi connectivity index (χ0v) is 23.0. The molecule has 0 saturated carbocycles. The molecular weight excluding hydrogens is 567 g/mol. The quantitative estimate of drug-likeness (QED) is 0.231. The zero-order chi connectivity index (χ0) is 30.0. The number of ether oxygens (including phenoxy) is 1. The molecule has 222 valence electrons. The molecule has 4 atom stereocenters. The Kier molecular flexibility index (Phi) is 6.58. The summed E-state index contributed by atoms with van der Waals surface area (Å²) in [5.41, 5.74) is -0.714. The maximum Gasteiger partial charge on any atom is 0.319 e. The summed E-state index contributed by atoms with van der Waals surface area (Å²) in [4.78, 5) is 12.3. The highest BCUT2D eigenvalue weighted by Gasteiger charge is 2.49. The number of anilines is 1. The van der Waals surface area contributed by atoms with Crippen molar-refractivity contribution in [2.45, 2.75) is 43.3 Å². The van der Waals surface area contributed by atoms with Gasteiger partial charge < -0.3 is 14.7 Å².